The molecule has 0 amide bonds. The summed E-state index contributed by atoms with van der Waals surface area (Å²) in [5.41, 5.74) is 4.33. The van der Waals surface area contributed by atoms with Crippen LogP contribution in [0.4, 0.5) is 0 Å². The summed E-state index contributed by atoms with van der Waals surface area (Å²) in [6, 6.07) is 2.05. The minimum Gasteiger partial charge on any atom is -0.336 e. The van der Waals surface area contributed by atoms with Crippen molar-refractivity contribution in [3.05, 3.63) is 42.2 Å². The van der Waals surface area contributed by atoms with Crippen molar-refractivity contribution >= 4 is 18.5 Å². The monoisotopic (exact) mass is 321 g/mol. The van der Waals surface area contributed by atoms with Gasteiger partial charge in [-0.1, -0.05) is 6.92 Å². The van der Waals surface area contributed by atoms with Crippen molar-refractivity contribution in [2.75, 3.05) is 13.1 Å². The summed E-state index contributed by atoms with van der Waals surface area (Å²) >= 11 is 0. The van der Waals surface area contributed by atoms with E-state index in [2.05, 4.69) is 44.8 Å². The zero-order valence-electron chi connectivity index (χ0n) is 13.8. The molecule has 0 bridgehead atoms. The number of nitrogens with zero attached hydrogens (tertiary/aromatic N) is 7. The van der Waals surface area contributed by atoms with Crippen LogP contribution < -0.4 is 0 Å². The van der Waals surface area contributed by atoms with Crippen LogP contribution in [-0.4, -0.2) is 49.7 Å². The first-order valence-electron chi connectivity index (χ1n) is 8.02. The van der Waals surface area contributed by atoms with E-state index in [1.807, 2.05) is 40.7 Å². The molecule has 1 aliphatic heterocycles. The summed E-state index contributed by atoms with van der Waals surface area (Å²) < 4.78 is 3.89. The molecule has 0 aromatic carbocycles. The largest absolute Gasteiger partial charge is 0.336 e. The Kier molecular flexibility index (Phi) is 3.41. The van der Waals surface area contributed by atoms with E-state index in [0.29, 0.717) is 5.96 Å². The predicted octanol–water partition coefficient (Wildman–Crippen LogP) is 2.20. The summed E-state index contributed by atoms with van der Waals surface area (Å²) in [5.74, 6) is 1.39. The van der Waals surface area contributed by atoms with Crippen molar-refractivity contribution in [2.24, 2.45) is 10.1 Å². The third-order valence-electron chi connectivity index (χ3n) is 4.30. The molecule has 4 rings (SSSR count). The fourth-order valence-corrected chi connectivity index (χ4v) is 2.78. The van der Waals surface area contributed by atoms with Crippen LogP contribution in [0.2, 0.25) is 0 Å². The molecule has 0 atom stereocenters. The number of aryl methyl sites for hydroxylation is 1. The van der Waals surface area contributed by atoms with Gasteiger partial charge in [0.25, 0.3) is 0 Å². The predicted molar refractivity (Wildman–Crippen MR) is 94.5 cm³/mol. The molecule has 0 unspecified atom stereocenters. The van der Waals surface area contributed by atoms with Crippen LogP contribution >= 0.6 is 0 Å². The molecule has 3 aromatic rings. The van der Waals surface area contributed by atoms with Crippen molar-refractivity contribution in [1.82, 2.24) is 23.9 Å². The Labute approximate surface area is 140 Å². The molecule has 3 aromatic heterocycles. The maximum absolute atomic E-state index is 4.56. The average molecular weight is 321 g/mol. The Hall–Kier alpha value is -2.96. The van der Waals surface area contributed by atoms with Crippen LogP contribution in [0.1, 0.15) is 18.3 Å². The molecular weight excluding hydrogens is 302 g/mol. The molecule has 4 heterocycles. The van der Waals surface area contributed by atoms with Gasteiger partial charge in [-0.2, -0.15) is 0 Å². The molecule has 122 valence electrons. The van der Waals surface area contributed by atoms with Gasteiger partial charge >= 0.3 is 0 Å². The third-order valence-corrected chi connectivity index (χ3v) is 4.30. The molecule has 24 heavy (non-hydrogen) atoms. The lowest BCUT2D eigenvalue weighted by molar-refractivity contribution is 0.765. The summed E-state index contributed by atoms with van der Waals surface area (Å²) in [4.78, 5) is 14.9. The lowest BCUT2D eigenvalue weighted by atomic mass is 10.1. The zero-order chi connectivity index (χ0) is 16.7. The summed E-state index contributed by atoms with van der Waals surface area (Å²) in [5, 5.41) is 4.56. The van der Waals surface area contributed by atoms with E-state index in [4.69, 9.17) is 0 Å². The maximum Gasteiger partial charge on any atom is 0.243 e. The third kappa shape index (κ3) is 2.38. The lowest BCUT2D eigenvalue weighted by Crippen LogP contribution is -2.09. The second-order valence-corrected chi connectivity index (χ2v) is 5.82. The number of imidazole rings is 1. The number of aromatic nitrogens is 4. The van der Waals surface area contributed by atoms with Crippen molar-refractivity contribution in [3.63, 3.8) is 0 Å². The van der Waals surface area contributed by atoms with Crippen LogP contribution in [0.15, 0.2) is 40.9 Å². The first-order valence-corrected chi connectivity index (χ1v) is 8.02. The number of fused-ring (bicyclic) bond motifs is 1. The van der Waals surface area contributed by atoms with Gasteiger partial charge in [0.1, 0.15) is 0 Å². The van der Waals surface area contributed by atoms with Crippen molar-refractivity contribution < 1.29 is 0 Å². The minimum absolute atomic E-state index is 0.664. The number of hydrogen-bond donors (Lipinski definition) is 0. The highest BCUT2D eigenvalue weighted by Crippen LogP contribution is 2.25. The molecule has 0 N–H and O–H groups in total. The molecule has 0 radical (unpaired) electrons. The molecule has 1 fully saturated rings. The van der Waals surface area contributed by atoms with E-state index in [0.717, 1.165) is 47.8 Å². The maximum atomic E-state index is 4.56. The highest BCUT2D eigenvalue weighted by atomic mass is 15.5. The Morgan fingerprint density at radius 2 is 2.08 bits per heavy atom. The first kappa shape index (κ1) is 14.6. The molecule has 1 saturated heterocycles. The topological polar surface area (TPSA) is 62.9 Å². The molecule has 0 spiro atoms. The van der Waals surface area contributed by atoms with Crippen molar-refractivity contribution in [3.8, 4) is 11.1 Å². The summed E-state index contributed by atoms with van der Waals surface area (Å²) in [6.07, 6.45) is 8.68. The average Bonchev–Trinajstić information content (AvgIpc) is 3.27. The van der Waals surface area contributed by atoms with Gasteiger partial charge in [0.15, 0.2) is 0 Å². The molecule has 7 nitrogen and oxygen atoms in total. The van der Waals surface area contributed by atoms with Gasteiger partial charge in [-0.25, -0.2) is 19.6 Å². The van der Waals surface area contributed by atoms with Gasteiger partial charge in [0.2, 0.25) is 11.7 Å². The lowest BCUT2D eigenvalue weighted by Gasteiger charge is -2.06. The molecule has 1 aliphatic rings. The van der Waals surface area contributed by atoms with Crippen molar-refractivity contribution in [1.29, 1.82) is 0 Å². The van der Waals surface area contributed by atoms with Gasteiger partial charge in [0, 0.05) is 54.2 Å². The molecule has 0 aliphatic carbocycles. The highest BCUT2D eigenvalue weighted by molar-refractivity contribution is 5.85. The fourth-order valence-electron chi connectivity index (χ4n) is 2.78. The second-order valence-electron chi connectivity index (χ2n) is 5.82. The first-order chi connectivity index (χ1) is 11.7. The quantitative estimate of drug-likeness (QED) is 0.422. The molecular formula is C17H19N7. The van der Waals surface area contributed by atoms with Gasteiger partial charge in [-0.3, -0.25) is 4.40 Å². The van der Waals surface area contributed by atoms with Crippen LogP contribution in [0.5, 0.6) is 0 Å². The summed E-state index contributed by atoms with van der Waals surface area (Å²) in [7, 11) is 0. The standard InChI is InChI=1S/C17H19N7/c1-4-14-10-20-17-19-9-13(11-23(14)17)15-5-6-24(12(15)2)21-16(18-3)22-7-8-22/h5-6,9-11H,3-4,7-8H2,1-2H3/b21-16+. The van der Waals surface area contributed by atoms with E-state index >= 15 is 0 Å². The van der Waals surface area contributed by atoms with Crippen LogP contribution in [0.25, 0.3) is 16.9 Å². The highest BCUT2D eigenvalue weighted by Gasteiger charge is 2.22. The Bertz CT molecular complexity index is 943. The number of guanidine groups is 1. The van der Waals surface area contributed by atoms with Crippen molar-refractivity contribution in [2.45, 2.75) is 20.3 Å². The number of hydrogen-bond acceptors (Lipinski definition) is 3. The number of rotatable bonds is 3. The Morgan fingerprint density at radius 1 is 1.29 bits per heavy atom. The Balaban J connectivity index is 1.76. The van der Waals surface area contributed by atoms with E-state index in [1.165, 1.54) is 0 Å². The van der Waals surface area contributed by atoms with E-state index < -0.39 is 0 Å². The van der Waals surface area contributed by atoms with Crippen LogP contribution in [0.3, 0.4) is 0 Å². The van der Waals surface area contributed by atoms with E-state index in [1.54, 1.807) is 0 Å². The zero-order valence-corrected chi connectivity index (χ0v) is 13.8. The Morgan fingerprint density at radius 3 is 2.79 bits per heavy atom. The van der Waals surface area contributed by atoms with Gasteiger partial charge in [-0.15, -0.1) is 5.10 Å². The second kappa shape index (κ2) is 5.59. The van der Waals surface area contributed by atoms with Gasteiger partial charge in [-0.05, 0) is 26.1 Å². The van der Waals surface area contributed by atoms with Gasteiger partial charge < -0.3 is 4.90 Å². The van der Waals surface area contributed by atoms with E-state index in [9.17, 15) is 0 Å². The number of aliphatic imine (C=N–C) groups is 1. The SMILES string of the molecule is C=N/C(=N\n1ccc(-c2cnc3ncc(CC)n3c2)c1C)N1CC1. The molecule has 7 heteroatoms. The molecule has 0 saturated carbocycles. The smallest absolute Gasteiger partial charge is 0.243 e. The van der Waals surface area contributed by atoms with E-state index in [-0.39, 0.29) is 0 Å². The summed E-state index contributed by atoms with van der Waals surface area (Å²) in [6.45, 7) is 9.75. The van der Waals surface area contributed by atoms with Crippen LogP contribution in [0, 0.1) is 6.92 Å². The minimum atomic E-state index is 0.664. The van der Waals surface area contributed by atoms with Crippen LogP contribution in [-0.2, 0) is 6.42 Å². The fraction of sp³-hybridized carbons (Fsp3) is 0.294. The normalized spacial score (nSPS) is 14.4. The van der Waals surface area contributed by atoms with Gasteiger partial charge in [0.05, 0.1) is 6.20 Å².